The Labute approximate surface area is 82.1 Å². The van der Waals surface area contributed by atoms with E-state index in [1.807, 2.05) is 6.92 Å². The lowest BCUT2D eigenvalue weighted by atomic mass is 9.89. The van der Waals surface area contributed by atoms with Crippen molar-refractivity contribution in [3.8, 4) is 0 Å². The van der Waals surface area contributed by atoms with E-state index in [4.69, 9.17) is 12.2 Å². The lowest BCUT2D eigenvalue weighted by Crippen LogP contribution is -2.49. The summed E-state index contributed by atoms with van der Waals surface area (Å²) < 4.78 is 0. The molecular weight excluding hydrogens is 166 g/mol. The summed E-state index contributed by atoms with van der Waals surface area (Å²) in [5.41, 5.74) is 0.181. The molecule has 0 aliphatic carbocycles. The van der Waals surface area contributed by atoms with Gasteiger partial charge in [0.05, 0.1) is 4.99 Å². The number of nitrogens with zero attached hydrogens (tertiary/aromatic N) is 1. The quantitative estimate of drug-likeness (QED) is 0.625. The molecule has 0 aromatic carbocycles. The second-order valence-corrected chi connectivity index (χ2v) is 4.66. The van der Waals surface area contributed by atoms with Gasteiger partial charge in [0.1, 0.15) is 0 Å². The van der Waals surface area contributed by atoms with Crippen LogP contribution in [0.2, 0.25) is 0 Å². The maximum atomic E-state index is 5.21. The SMILES string of the molecule is CCN(C(C)=S)C(C)(C)C(C)C. The van der Waals surface area contributed by atoms with Crippen molar-refractivity contribution in [2.24, 2.45) is 5.92 Å². The van der Waals surface area contributed by atoms with Crippen LogP contribution in [-0.2, 0) is 0 Å². The normalized spacial score (nSPS) is 11.9. The number of rotatable bonds is 3. The van der Waals surface area contributed by atoms with Gasteiger partial charge in [-0.3, -0.25) is 0 Å². The third kappa shape index (κ3) is 2.44. The Balaban J connectivity index is 4.59. The predicted molar refractivity (Wildman–Crippen MR) is 59.6 cm³/mol. The zero-order valence-electron chi connectivity index (χ0n) is 9.14. The van der Waals surface area contributed by atoms with E-state index in [1.165, 1.54) is 0 Å². The molecule has 0 saturated heterocycles. The third-order valence-corrected chi connectivity index (χ3v) is 3.03. The maximum absolute atomic E-state index is 5.21. The standard InChI is InChI=1S/C10H21NS/c1-7-11(9(4)12)10(5,6)8(2)3/h8H,7H2,1-6H3. The van der Waals surface area contributed by atoms with E-state index in [-0.39, 0.29) is 5.54 Å². The fourth-order valence-corrected chi connectivity index (χ4v) is 1.71. The van der Waals surface area contributed by atoms with Crippen molar-refractivity contribution in [1.82, 2.24) is 4.90 Å². The summed E-state index contributed by atoms with van der Waals surface area (Å²) in [5, 5.41) is 0. The highest BCUT2D eigenvalue weighted by Crippen LogP contribution is 2.24. The van der Waals surface area contributed by atoms with Crippen LogP contribution >= 0.6 is 12.2 Å². The molecule has 0 rings (SSSR count). The lowest BCUT2D eigenvalue weighted by Gasteiger charge is -2.42. The Bertz CT molecular complexity index is 161. The fourth-order valence-electron chi connectivity index (χ4n) is 1.35. The molecule has 0 heterocycles. The smallest absolute Gasteiger partial charge is 0.0752 e. The van der Waals surface area contributed by atoms with Gasteiger partial charge in [-0.05, 0) is 33.6 Å². The van der Waals surface area contributed by atoms with Gasteiger partial charge < -0.3 is 4.90 Å². The highest BCUT2D eigenvalue weighted by Gasteiger charge is 2.28. The summed E-state index contributed by atoms with van der Waals surface area (Å²) in [7, 11) is 0. The molecule has 0 atom stereocenters. The maximum Gasteiger partial charge on any atom is 0.0752 e. The molecule has 72 valence electrons. The van der Waals surface area contributed by atoms with E-state index in [0.717, 1.165) is 11.5 Å². The molecule has 0 amide bonds. The van der Waals surface area contributed by atoms with E-state index in [1.54, 1.807) is 0 Å². The Kier molecular flexibility index (Phi) is 4.18. The second kappa shape index (κ2) is 4.22. The number of thiocarbonyl (C=S) groups is 1. The van der Waals surface area contributed by atoms with Crippen LogP contribution in [0.15, 0.2) is 0 Å². The lowest BCUT2D eigenvalue weighted by molar-refractivity contribution is 0.161. The summed E-state index contributed by atoms with van der Waals surface area (Å²) in [4.78, 5) is 3.28. The Morgan fingerprint density at radius 3 is 1.92 bits per heavy atom. The van der Waals surface area contributed by atoms with Gasteiger partial charge in [-0.15, -0.1) is 0 Å². The monoisotopic (exact) mass is 187 g/mol. The third-order valence-electron chi connectivity index (χ3n) is 2.80. The first-order chi connectivity index (χ1) is 5.34. The van der Waals surface area contributed by atoms with Crippen LogP contribution in [0.3, 0.4) is 0 Å². The van der Waals surface area contributed by atoms with Crippen LogP contribution in [0.25, 0.3) is 0 Å². The first kappa shape index (κ1) is 11.9. The molecule has 12 heavy (non-hydrogen) atoms. The van der Waals surface area contributed by atoms with Crippen molar-refractivity contribution in [1.29, 1.82) is 0 Å². The number of hydrogen-bond donors (Lipinski definition) is 0. The molecule has 0 radical (unpaired) electrons. The van der Waals surface area contributed by atoms with Gasteiger partial charge in [0, 0.05) is 12.1 Å². The van der Waals surface area contributed by atoms with E-state index in [9.17, 15) is 0 Å². The van der Waals surface area contributed by atoms with Crippen LogP contribution < -0.4 is 0 Å². The molecule has 2 heteroatoms. The van der Waals surface area contributed by atoms with E-state index in [0.29, 0.717) is 5.92 Å². The summed E-state index contributed by atoms with van der Waals surface area (Å²) in [6.07, 6.45) is 0. The molecule has 0 aromatic rings. The van der Waals surface area contributed by atoms with Crippen LogP contribution in [-0.4, -0.2) is 22.0 Å². The second-order valence-electron chi connectivity index (χ2n) is 4.07. The molecule has 0 N–H and O–H groups in total. The minimum atomic E-state index is 0.181. The number of hydrogen-bond acceptors (Lipinski definition) is 1. The van der Waals surface area contributed by atoms with Crippen molar-refractivity contribution in [3.05, 3.63) is 0 Å². The highest BCUT2D eigenvalue weighted by atomic mass is 32.1. The van der Waals surface area contributed by atoms with Crippen LogP contribution in [0.1, 0.15) is 41.5 Å². The molecule has 0 spiro atoms. The average molecular weight is 187 g/mol. The first-order valence-corrected chi connectivity index (χ1v) is 5.03. The topological polar surface area (TPSA) is 3.24 Å². The molecule has 0 aliphatic heterocycles. The summed E-state index contributed by atoms with van der Waals surface area (Å²) in [6, 6.07) is 0. The molecular formula is C10H21NS. The van der Waals surface area contributed by atoms with Crippen molar-refractivity contribution >= 4 is 17.2 Å². The van der Waals surface area contributed by atoms with Crippen molar-refractivity contribution in [2.75, 3.05) is 6.54 Å². The predicted octanol–water partition coefficient (Wildman–Crippen LogP) is 3.09. The van der Waals surface area contributed by atoms with Crippen LogP contribution in [0.5, 0.6) is 0 Å². The summed E-state index contributed by atoms with van der Waals surface area (Å²) >= 11 is 5.21. The van der Waals surface area contributed by atoms with Crippen LogP contribution in [0.4, 0.5) is 0 Å². The molecule has 0 unspecified atom stereocenters. The van der Waals surface area contributed by atoms with Gasteiger partial charge in [0.25, 0.3) is 0 Å². The van der Waals surface area contributed by atoms with Gasteiger partial charge in [-0.1, -0.05) is 26.1 Å². The minimum Gasteiger partial charge on any atom is -0.361 e. The van der Waals surface area contributed by atoms with Gasteiger partial charge in [-0.25, -0.2) is 0 Å². The van der Waals surface area contributed by atoms with Crippen LogP contribution in [0, 0.1) is 5.92 Å². The Hall–Kier alpha value is -0.110. The molecule has 0 aliphatic rings. The molecule has 0 fully saturated rings. The Morgan fingerprint density at radius 2 is 1.83 bits per heavy atom. The molecule has 0 aromatic heterocycles. The largest absolute Gasteiger partial charge is 0.361 e. The zero-order chi connectivity index (χ0) is 9.94. The molecule has 1 nitrogen and oxygen atoms in total. The van der Waals surface area contributed by atoms with Crippen molar-refractivity contribution < 1.29 is 0 Å². The van der Waals surface area contributed by atoms with Gasteiger partial charge in [0.2, 0.25) is 0 Å². The average Bonchev–Trinajstić information content (AvgIpc) is 1.86. The first-order valence-electron chi connectivity index (χ1n) is 4.62. The van der Waals surface area contributed by atoms with Gasteiger partial charge in [0.15, 0.2) is 0 Å². The zero-order valence-corrected chi connectivity index (χ0v) is 9.96. The van der Waals surface area contributed by atoms with E-state index < -0.39 is 0 Å². The van der Waals surface area contributed by atoms with E-state index >= 15 is 0 Å². The van der Waals surface area contributed by atoms with Gasteiger partial charge >= 0.3 is 0 Å². The summed E-state index contributed by atoms with van der Waals surface area (Å²) in [6.45, 7) is 14.1. The fraction of sp³-hybridized carbons (Fsp3) is 0.900. The van der Waals surface area contributed by atoms with Gasteiger partial charge in [-0.2, -0.15) is 0 Å². The highest BCUT2D eigenvalue weighted by molar-refractivity contribution is 7.80. The van der Waals surface area contributed by atoms with E-state index in [2.05, 4.69) is 39.5 Å². The molecule has 0 saturated carbocycles. The van der Waals surface area contributed by atoms with Crippen molar-refractivity contribution in [2.45, 2.75) is 47.1 Å². The Morgan fingerprint density at radius 1 is 1.42 bits per heavy atom. The minimum absolute atomic E-state index is 0.181. The van der Waals surface area contributed by atoms with Crippen molar-refractivity contribution in [3.63, 3.8) is 0 Å². The summed E-state index contributed by atoms with van der Waals surface area (Å²) in [5.74, 6) is 0.621. The molecule has 0 bridgehead atoms.